The van der Waals surface area contributed by atoms with Crippen LogP contribution >= 0.6 is 0 Å². The number of rotatable bonds is 0. The van der Waals surface area contributed by atoms with Gasteiger partial charge in [0.1, 0.15) is 0 Å². The Bertz CT molecular complexity index is 2960. The molecule has 0 aliphatic heterocycles. The first-order valence-electron chi connectivity index (χ1n) is 54.5. The Kier molecular flexibility index (Phi) is 29.1. The van der Waals surface area contributed by atoms with Crippen LogP contribution in [0.15, 0.2) is 0 Å². The van der Waals surface area contributed by atoms with Crippen LogP contribution in [-0.4, -0.2) is 0 Å². The van der Waals surface area contributed by atoms with E-state index in [-0.39, 0.29) is 0 Å². The molecule has 0 heterocycles. The van der Waals surface area contributed by atoms with Crippen molar-refractivity contribution in [3.63, 3.8) is 0 Å². The summed E-state index contributed by atoms with van der Waals surface area (Å²) in [5, 5.41) is 0. The SMILES string of the molecule is CC1(C)CC2CC1C1C3CCC(C3)C21.CC1(C)CC2CC1C1CCC21.CC1(C)CC2CCC1C1C3CCC(CC3)C21.CC1(C)CC2CCC1C2.CC1(C)CC2CCC1C2(C)C.CC1(C)CC2CCC1CC2.CC1(C)CCCC1.CC1(C)CCCCC1.CC1(C)CCCCCC1.CC1(C)CCCCCCC1.CC1C2CC3CC(C2)CC1C3. The largest absolute Gasteiger partial charge is 0.0620 e. The highest BCUT2D eigenvalue weighted by atomic mass is 14.7. The Hall–Kier alpha value is 0. The standard InChI is InChI=1S/C16H26.C14H22.2C11H18.C11H20.C10H18.C10H20.C9H16.C9H18.C8H16.C7H14/c1-16(2)9-12-7-8-13(16)15-11-5-3-10(4-6-11)14(12)15;1-14(2)7-10-6-11(14)13-9-4-3-8(5-9)12(10)13;1-7-10-3-8-2-9(5-10)6-11(7)4-8;1-11(2)6-7-5-10(11)9-4-3-8(7)9;1-10(2)7-8-5-6-9(10)11(8,3)4;1-10(2)7-8-3-5-9(10)6-4-8;1-10(2)8-6-4-3-5-7-9-10;1-9(2)6-7-3-4-8(9)5-7;1-9(2)7-5-3-4-6-8-9;1-8(2)6-4-3-5-7-8;1-7(2)5-3-4-6-7/h10-15H,3-9H2,1-2H3;8-13H,3-7H2,1-2H3;7-11H,2-6H2,1H3;7-10H,3-6H2,1-2H3;8-9H,5-7H2,1-4H3;8-9H,3-7H2,1-2H3;3-9H2,1-2H3;7-8H,3-6H2,1-2H3;3-8H2,1-2H3;3-7H2,1-2H3;3-6H2,1-2H3. The number of hydrogen-bond donors (Lipinski definition) is 0. The van der Waals surface area contributed by atoms with Crippen molar-refractivity contribution in [1.82, 2.24) is 0 Å². The van der Waals surface area contributed by atoms with Crippen LogP contribution in [0.5, 0.6) is 0 Å². The molecule has 28 saturated carbocycles. The van der Waals surface area contributed by atoms with E-state index in [1.807, 2.05) is 0 Å². The van der Waals surface area contributed by atoms with Gasteiger partial charge in [0.05, 0.1) is 0 Å². The van der Waals surface area contributed by atoms with Gasteiger partial charge in [-0.05, 0) is 463 Å². The highest BCUT2D eigenvalue weighted by molar-refractivity contribution is 5.14. The maximum Gasteiger partial charge on any atom is -0.0292 e. The molecule has 18 unspecified atom stereocenters. The van der Waals surface area contributed by atoms with Crippen LogP contribution in [0.3, 0.4) is 0 Å². The molecule has 28 fully saturated rings. The van der Waals surface area contributed by atoms with Crippen molar-refractivity contribution in [2.24, 2.45) is 219 Å². The lowest BCUT2D eigenvalue weighted by atomic mass is 9.40. The van der Waals surface area contributed by atoms with E-state index >= 15 is 0 Å². The van der Waals surface area contributed by atoms with Crippen molar-refractivity contribution in [2.45, 2.75) is 512 Å². The molecule has 28 rings (SSSR count). The third-order valence-corrected chi connectivity index (χ3v) is 44.0. The summed E-state index contributed by atoms with van der Waals surface area (Å²) in [4.78, 5) is 0. The minimum atomic E-state index is 0.645. The minimum Gasteiger partial charge on any atom is -0.0620 e. The molecule has 0 N–H and O–H groups in total. The molecule has 670 valence electrons. The maximum absolute atomic E-state index is 2.57. The Labute approximate surface area is 727 Å². The molecule has 0 amide bonds. The van der Waals surface area contributed by atoms with Gasteiger partial charge in [-0.25, -0.2) is 0 Å². The van der Waals surface area contributed by atoms with Crippen molar-refractivity contribution >= 4 is 0 Å². The predicted octanol–water partition coefficient (Wildman–Crippen LogP) is 36.6. The highest BCUT2D eigenvalue weighted by Gasteiger charge is 2.65. The number of fused-ring (bicyclic) bond motifs is 25. The Morgan fingerprint density at radius 3 is 0.931 bits per heavy atom. The average Bonchev–Trinajstić information content (AvgIpc) is 1.07. The van der Waals surface area contributed by atoms with Crippen LogP contribution in [-0.2, 0) is 0 Å². The topological polar surface area (TPSA) is 0 Å². The van der Waals surface area contributed by atoms with Crippen molar-refractivity contribution < 1.29 is 0 Å². The molecule has 28 aliphatic carbocycles. The van der Waals surface area contributed by atoms with E-state index in [4.69, 9.17) is 0 Å². The van der Waals surface area contributed by atoms with Crippen LogP contribution in [0, 0.1) is 219 Å². The van der Waals surface area contributed by atoms with E-state index < -0.39 is 0 Å². The molecule has 0 nitrogen and oxygen atoms in total. The summed E-state index contributed by atoms with van der Waals surface area (Å²) < 4.78 is 0. The summed E-state index contributed by atoms with van der Waals surface area (Å²) in [5.74, 6) is 30.6. The second-order valence-corrected chi connectivity index (χ2v) is 57.2. The summed E-state index contributed by atoms with van der Waals surface area (Å²) in [7, 11) is 0. The molecular weight excluding hydrogens is 1390 g/mol. The molecule has 0 radical (unpaired) electrons. The third-order valence-electron chi connectivity index (χ3n) is 44.0. The van der Waals surface area contributed by atoms with E-state index in [9.17, 15) is 0 Å². The minimum absolute atomic E-state index is 0.645. The molecule has 0 saturated heterocycles. The molecule has 0 aromatic carbocycles. The molecule has 0 spiro atoms. The lowest BCUT2D eigenvalue weighted by molar-refractivity contribution is -0.157. The average molecular weight is 1600 g/mol. The molecule has 28 aliphatic rings. The monoisotopic (exact) mass is 1600 g/mol. The Morgan fingerprint density at radius 1 is 0.190 bits per heavy atom. The molecule has 0 heteroatoms. The van der Waals surface area contributed by atoms with Gasteiger partial charge >= 0.3 is 0 Å². The van der Waals surface area contributed by atoms with Crippen molar-refractivity contribution in [1.29, 1.82) is 0 Å². The van der Waals surface area contributed by atoms with Gasteiger partial charge in [-0.3, -0.25) is 0 Å². The van der Waals surface area contributed by atoms with Gasteiger partial charge in [-0.2, -0.15) is 0 Å². The van der Waals surface area contributed by atoms with Crippen LogP contribution < -0.4 is 0 Å². The summed E-state index contributed by atoms with van der Waals surface area (Å²) in [5.41, 5.74) is 7.50. The van der Waals surface area contributed by atoms with Crippen molar-refractivity contribution in [3.05, 3.63) is 0 Å². The lowest BCUT2D eigenvalue weighted by Crippen LogP contribution is -2.57. The summed E-state index contributed by atoms with van der Waals surface area (Å²) in [6.07, 6.45) is 83.7. The predicted molar refractivity (Wildman–Crippen MR) is 505 cm³/mol. The van der Waals surface area contributed by atoms with Crippen LogP contribution in [0.4, 0.5) is 0 Å². The second-order valence-electron chi connectivity index (χ2n) is 57.2. The van der Waals surface area contributed by atoms with E-state index in [1.165, 1.54) is 253 Å². The van der Waals surface area contributed by atoms with E-state index in [1.54, 1.807) is 141 Å². The third kappa shape index (κ3) is 21.4. The number of hydrogen-bond acceptors (Lipinski definition) is 0. The fourth-order valence-electron chi connectivity index (χ4n) is 37.5. The van der Waals surface area contributed by atoms with Gasteiger partial charge in [0.15, 0.2) is 0 Å². The van der Waals surface area contributed by atoms with Gasteiger partial charge in [0.2, 0.25) is 0 Å². The van der Waals surface area contributed by atoms with E-state index in [2.05, 4.69) is 159 Å². The van der Waals surface area contributed by atoms with E-state index in [0.29, 0.717) is 59.6 Å². The van der Waals surface area contributed by atoms with Gasteiger partial charge in [0, 0.05) is 0 Å². The molecular formula is C116H206. The molecule has 0 aromatic heterocycles. The molecule has 20 bridgehead atoms. The molecule has 18 atom stereocenters. The van der Waals surface area contributed by atoms with Crippen LogP contribution in [0.25, 0.3) is 0 Å². The summed E-state index contributed by atoms with van der Waals surface area (Å²) in [6, 6.07) is 0. The zero-order valence-corrected chi connectivity index (χ0v) is 83.0. The van der Waals surface area contributed by atoms with Gasteiger partial charge in [-0.1, -0.05) is 268 Å². The smallest absolute Gasteiger partial charge is 0.0292 e. The van der Waals surface area contributed by atoms with Gasteiger partial charge in [0.25, 0.3) is 0 Å². The highest BCUT2D eigenvalue weighted by Crippen LogP contribution is 2.73. The maximum atomic E-state index is 2.57. The van der Waals surface area contributed by atoms with Gasteiger partial charge < -0.3 is 0 Å². The normalized spacial score (nSPS) is 46.2. The molecule has 116 heavy (non-hydrogen) atoms. The summed E-state index contributed by atoms with van der Waals surface area (Å²) >= 11 is 0. The fraction of sp³-hybridized carbons (Fsp3) is 1.00. The Balaban J connectivity index is 0.000000106. The zero-order chi connectivity index (χ0) is 83.0. The second kappa shape index (κ2) is 36.6. The summed E-state index contributed by atoms with van der Waals surface area (Å²) in [6.45, 7) is 56.5. The van der Waals surface area contributed by atoms with Crippen molar-refractivity contribution in [2.75, 3.05) is 0 Å². The first kappa shape index (κ1) is 92.2. The molecule has 0 aromatic rings. The quantitative estimate of drug-likeness (QED) is 0.168. The van der Waals surface area contributed by atoms with Gasteiger partial charge in [-0.15, -0.1) is 0 Å². The fourth-order valence-corrected chi connectivity index (χ4v) is 37.5. The Morgan fingerprint density at radius 2 is 0.560 bits per heavy atom. The van der Waals surface area contributed by atoms with E-state index in [0.717, 1.165) is 118 Å². The first-order valence-corrected chi connectivity index (χ1v) is 54.5. The van der Waals surface area contributed by atoms with Crippen molar-refractivity contribution in [3.8, 4) is 0 Å². The lowest BCUT2D eigenvalue weighted by Gasteiger charge is -2.65. The zero-order valence-electron chi connectivity index (χ0n) is 83.0. The van der Waals surface area contributed by atoms with Crippen LogP contribution in [0.1, 0.15) is 512 Å². The van der Waals surface area contributed by atoms with Crippen LogP contribution in [0.2, 0.25) is 0 Å². The first-order chi connectivity index (χ1) is 54.5.